The molecule has 2 rings (SSSR count). The van der Waals surface area contributed by atoms with Crippen molar-refractivity contribution in [2.45, 2.75) is 12.5 Å². The highest BCUT2D eigenvalue weighted by molar-refractivity contribution is 6.30. The minimum Gasteiger partial charge on any atom is -0.320 e. The molecule has 1 aliphatic heterocycles. The van der Waals surface area contributed by atoms with Gasteiger partial charge < -0.3 is 5.32 Å². The molecule has 1 heterocycles. The van der Waals surface area contributed by atoms with E-state index in [1.165, 1.54) is 19.1 Å². The molecule has 6 heteroatoms. The van der Waals surface area contributed by atoms with E-state index < -0.39 is 23.3 Å². The fourth-order valence-electron chi connectivity index (χ4n) is 1.55. The fourth-order valence-corrected chi connectivity index (χ4v) is 1.73. The quantitative estimate of drug-likeness (QED) is 0.734. The number of nitrogens with one attached hydrogen (secondary N) is 2. The molecule has 3 amide bonds. The van der Waals surface area contributed by atoms with E-state index in [9.17, 15) is 14.0 Å². The molecule has 1 aliphatic rings. The van der Waals surface area contributed by atoms with Crippen LogP contribution in [0.1, 0.15) is 12.5 Å². The molecule has 1 unspecified atom stereocenters. The first-order chi connectivity index (χ1) is 7.43. The van der Waals surface area contributed by atoms with Gasteiger partial charge in [-0.1, -0.05) is 17.7 Å². The summed E-state index contributed by atoms with van der Waals surface area (Å²) < 4.78 is 13.0. The van der Waals surface area contributed by atoms with Crippen molar-refractivity contribution in [1.82, 2.24) is 10.6 Å². The number of benzene rings is 1. The zero-order valence-electron chi connectivity index (χ0n) is 8.30. The van der Waals surface area contributed by atoms with Crippen LogP contribution >= 0.6 is 11.6 Å². The summed E-state index contributed by atoms with van der Waals surface area (Å²) in [6, 6.07) is 3.31. The topological polar surface area (TPSA) is 58.2 Å². The minimum absolute atomic E-state index is 0.0901. The second-order valence-corrected chi connectivity index (χ2v) is 4.07. The Bertz CT molecular complexity index is 492. The number of rotatable bonds is 1. The lowest BCUT2D eigenvalue weighted by atomic mass is 9.92. The lowest BCUT2D eigenvalue weighted by Gasteiger charge is -2.21. The van der Waals surface area contributed by atoms with Crippen LogP contribution < -0.4 is 10.6 Å². The predicted octanol–water partition coefficient (Wildman–Crippen LogP) is 1.53. The Morgan fingerprint density at radius 1 is 1.38 bits per heavy atom. The van der Waals surface area contributed by atoms with Gasteiger partial charge in [-0.3, -0.25) is 10.1 Å². The highest BCUT2D eigenvalue weighted by Gasteiger charge is 2.43. The highest BCUT2D eigenvalue weighted by Crippen LogP contribution is 2.27. The van der Waals surface area contributed by atoms with Crippen LogP contribution in [-0.4, -0.2) is 11.9 Å². The zero-order valence-corrected chi connectivity index (χ0v) is 9.06. The van der Waals surface area contributed by atoms with Crippen LogP contribution in [0, 0.1) is 5.82 Å². The molecule has 0 aliphatic carbocycles. The van der Waals surface area contributed by atoms with E-state index in [1.54, 1.807) is 0 Å². The molecule has 0 bridgehead atoms. The summed E-state index contributed by atoms with van der Waals surface area (Å²) in [5.74, 6) is -1.06. The van der Waals surface area contributed by atoms with Crippen molar-refractivity contribution in [3.8, 4) is 0 Å². The Hall–Kier alpha value is -1.62. The maximum atomic E-state index is 13.0. The second-order valence-electron chi connectivity index (χ2n) is 3.66. The van der Waals surface area contributed by atoms with Gasteiger partial charge in [0.1, 0.15) is 11.4 Å². The van der Waals surface area contributed by atoms with E-state index in [4.69, 9.17) is 11.6 Å². The van der Waals surface area contributed by atoms with Crippen LogP contribution in [0.5, 0.6) is 0 Å². The van der Waals surface area contributed by atoms with Gasteiger partial charge in [0.15, 0.2) is 0 Å². The van der Waals surface area contributed by atoms with Gasteiger partial charge in [-0.25, -0.2) is 9.18 Å². The van der Waals surface area contributed by atoms with Crippen LogP contribution in [0.25, 0.3) is 0 Å². The lowest BCUT2D eigenvalue weighted by molar-refractivity contribution is -0.123. The van der Waals surface area contributed by atoms with Gasteiger partial charge in [0.25, 0.3) is 5.91 Å². The number of urea groups is 1. The molecular formula is C10H8ClFN2O2. The number of hydrogen-bond acceptors (Lipinski definition) is 2. The maximum Gasteiger partial charge on any atom is 0.322 e. The van der Waals surface area contributed by atoms with Crippen molar-refractivity contribution in [2.75, 3.05) is 0 Å². The van der Waals surface area contributed by atoms with Crippen molar-refractivity contribution in [2.24, 2.45) is 0 Å². The molecule has 2 N–H and O–H groups in total. The summed E-state index contributed by atoms with van der Waals surface area (Å²) >= 11 is 5.62. The molecule has 1 atom stereocenters. The van der Waals surface area contributed by atoms with Gasteiger partial charge in [-0.05, 0) is 24.6 Å². The van der Waals surface area contributed by atoms with E-state index in [1.807, 2.05) is 0 Å². The highest BCUT2D eigenvalue weighted by atomic mass is 35.5. The molecule has 84 valence electrons. The lowest BCUT2D eigenvalue weighted by Crippen LogP contribution is -2.40. The molecule has 0 aromatic heterocycles. The van der Waals surface area contributed by atoms with Crippen LogP contribution in [0.3, 0.4) is 0 Å². The summed E-state index contributed by atoms with van der Waals surface area (Å²) in [6.45, 7) is 1.52. The molecule has 1 fully saturated rings. The minimum atomic E-state index is -1.20. The van der Waals surface area contributed by atoms with E-state index in [0.29, 0.717) is 5.56 Å². The first-order valence-electron chi connectivity index (χ1n) is 4.52. The van der Waals surface area contributed by atoms with Gasteiger partial charge in [0.05, 0.1) is 5.02 Å². The zero-order chi connectivity index (χ0) is 11.9. The van der Waals surface area contributed by atoms with E-state index in [0.717, 1.165) is 6.07 Å². The predicted molar refractivity (Wildman–Crippen MR) is 55.4 cm³/mol. The normalized spacial score (nSPS) is 24.2. The standard InChI is InChI=1S/C10H8ClFN2O2/c1-10(8(15)13-9(16)14-10)5-2-3-7(12)6(11)4-5/h2-4H,1H3,(H2,13,14,15,16). The summed E-state index contributed by atoms with van der Waals surface area (Å²) in [4.78, 5) is 22.6. The number of carbonyl (C=O) groups is 2. The van der Waals surface area contributed by atoms with Crippen LogP contribution in [0.4, 0.5) is 9.18 Å². The third-order valence-corrected chi connectivity index (χ3v) is 2.83. The molecular weight excluding hydrogens is 235 g/mol. The molecule has 0 spiro atoms. The first-order valence-corrected chi connectivity index (χ1v) is 4.90. The second kappa shape index (κ2) is 3.45. The molecule has 1 aromatic rings. The van der Waals surface area contributed by atoms with Crippen LogP contribution in [0.2, 0.25) is 5.02 Å². The first kappa shape index (κ1) is 10.9. The van der Waals surface area contributed by atoms with Crippen molar-refractivity contribution in [1.29, 1.82) is 0 Å². The third kappa shape index (κ3) is 1.53. The third-order valence-electron chi connectivity index (χ3n) is 2.54. The van der Waals surface area contributed by atoms with Crippen LogP contribution in [0.15, 0.2) is 18.2 Å². The summed E-state index contributed by atoms with van der Waals surface area (Å²) in [5.41, 5.74) is -0.767. The molecule has 0 radical (unpaired) electrons. The van der Waals surface area contributed by atoms with E-state index in [-0.39, 0.29) is 5.02 Å². The number of hydrogen-bond donors (Lipinski definition) is 2. The number of carbonyl (C=O) groups excluding carboxylic acids is 2. The summed E-state index contributed by atoms with van der Waals surface area (Å²) in [7, 11) is 0. The van der Waals surface area contributed by atoms with Crippen molar-refractivity contribution >= 4 is 23.5 Å². The SMILES string of the molecule is CC1(c2ccc(F)c(Cl)c2)NC(=O)NC1=O. The van der Waals surface area contributed by atoms with Gasteiger partial charge in [-0.2, -0.15) is 0 Å². The van der Waals surface area contributed by atoms with Gasteiger partial charge in [0.2, 0.25) is 0 Å². The van der Waals surface area contributed by atoms with E-state index >= 15 is 0 Å². The Balaban J connectivity index is 2.47. The molecule has 1 saturated heterocycles. The maximum absolute atomic E-state index is 13.0. The largest absolute Gasteiger partial charge is 0.322 e. The monoisotopic (exact) mass is 242 g/mol. The average Bonchev–Trinajstić information content (AvgIpc) is 2.46. The van der Waals surface area contributed by atoms with Crippen molar-refractivity contribution < 1.29 is 14.0 Å². The molecule has 1 aromatic carbocycles. The number of halogens is 2. The Morgan fingerprint density at radius 2 is 2.06 bits per heavy atom. The van der Waals surface area contributed by atoms with Gasteiger partial charge >= 0.3 is 6.03 Å². The van der Waals surface area contributed by atoms with Gasteiger partial charge in [0, 0.05) is 0 Å². The molecule has 4 nitrogen and oxygen atoms in total. The van der Waals surface area contributed by atoms with Crippen molar-refractivity contribution in [3.63, 3.8) is 0 Å². The summed E-state index contributed by atoms with van der Waals surface area (Å²) in [6.07, 6.45) is 0. The summed E-state index contributed by atoms with van der Waals surface area (Å²) in [5, 5.41) is 4.49. The van der Waals surface area contributed by atoms with Gasteiger partial charge in [-0.15, -0.1) is 0 Å². The number of amides is 3. The van der Waals surface area contributed by atoms with E-state index in [2.05, 4.69) is 10.6 Å². The fraction of sp³-hybridized carbons (Fsp3) is 0.200. The average molecular weight is 243 g/mol. The Kier molecular flexibility index (Phi) is 2.35. The molecule has 16 heavy (non-hydrogen) atoms. The van der Waals surface area contributed by atoms with Crippen LogP contribution in [-0.2, 0) is 10.3 Å². The Morgan fingerprint density at radius 3 is 2.56 bits per heavy atom. The van der Waals surface area contributed by atoms with Crippen molar-refractivity contribution in [3.05, 3.63) is 34.6 Å². The number of imide groups is 1. The molecule has 0 saturated carbocycles. The Labute approximate surface area is 95.8 Å². The smallest absolute Gasteiger partial charge is 0.320 e.